The van der Waals surface area contributed by atoms with Crippen molar-refractivity contribution < 1.29 is 19.4 Å². The zero-order chi connectivity index (χ0) is 20.3. The van der Waals surface area contributed by atoms with Gasteiger partial charge in [0, 0.05) is 25.6 Å². The van der Waals surface area contributed by atoms with Gasteiger partial charge in [-0.15, -0.1) is 0 Å². The van der Waals surface area contributed by atoms with E-state index in [4.69, 9.17) is 9.84 Å². The molecule has 5 nitrogen and oxygen atoms in total. The Labute approximate surface area is 170 Å². The van der Waals surface area contributed by atoms with Gasteiger partial charge in [-0.05, 0) is 48.7 Å². The highest BCUT2D eigenvalue weighted by atomic mass is 16.5. The van der Waals surface area contributed by atoms with Crippen molar-refractivity contribution in [3.8, 4) is 5.75 Å². The lowest BCUT2D eigenvalue weighted by atomic mass is 9.84. The average molecular weight is 391 g/mol. The summed E-state index contributed by atoms with van der Waals surface area (Å²) in [6, 6.07) is 15.8. The van der Waals surface area contributed by atoms with Gasteiger partial charge in [-0.25, -0.2) is 4.79 Å². The normalized spacial score (nSPS) is 22.3. The van der Waals surface area contributed by atoms with Crippen molar-refractivity contribution in [2.75, 3.05) is 13.1 Å². The van der Waals surface area contributed by atoms with Crippen LogP contribution in [0.25, 0.3) is 6.08 Å². The molecule has 2 aromatic carbocycles. The second kappa shape index (κ2) is 8.21. The highest BCUT2D eigenvalue weighted by Gasteiger charge is 2.41. The fraction of sp³-hybridized carbons (Fsp3) is 0.333. The van der Waals surface area contributed by atoms with Crippen molar-refractivity contribution in [3.05, 3.63) is 71.3 Å². The summed E-state index contributed by atoms with van der Waals surface area (Å²) in [6.07, 6.45) is 5.63. The number of carbonyl (C=O) groups excluding carboxylic acids is 1. The number of hydrogen-bond acceptors (Lipinski definition) is 4. The minimum absolute atomic E-state index is 0.0772. The van der Waals surface area contributed by atoms with E-state index in [9.17, 15) is 9.59 Å². The maximum Gasteiger partial charge on any atom is 0.328 e. The summed E-state index contributed by atoms with van der Waals surface area (Å²) in [5, 5.41) is 8.79. The van der Waals surface area contributed by atoms with Gasteiger partial charge in [-0.2, -0.15) is 0 Å². The Morgan fingerprint density at radius 2 is 1.97 bits per heavy atom. The molecule has 150 valence electrons. The maximum atomic E-state index is 12.9. The summed E-state index contributed by atoms with van der Waals surface area (Å²) in [6.45, 7) is 2.82. The SMILES string of the molecule is O=C(O)/C=C/c1ccc2c(c1)C(=O)CC1(CCCN(Cc3ccccc3)CC1)O2. The van der Waals surface area contributed by atoms with E-state index in [1.54, 1.807) is 18.2 Å². The van der Waals surface area contributed by atoms with Crippen LogP contribution in [0.5, 0.6) is 5.75 Å². The molecule has 2 aromatic rings. The van der Waals surface area contributed by atoms with Crippen molar-refractivity contribution in [2.45, 2.75) is 37.8 Å². The van der Waals surface area contributed by atoms with E-state index < -0.39 is 11.6 Å². The van der Waals surface area contributed by atoms with Crippen LogP contribution in [0.2, 0.25) is 0 Å². The topological polar surface area (TPSA) is 66.8 Å². The van der Waals surface area contributed by atoms with E-state index in [0.29, 0.717) is 23.3 Å². The average Bonchev–Trinajstić information content (AvgIpc) is 2.89. The molecule has 1 fully saturated rings. The molecule has 0 bridgehead atoms. The van der Waals surface area contributed by atoms with E-state index in [2.05, 4.69) is 29.2 Å². The van der Waals surface area contributed by atoms with Crippen LogP contribution in [-0.4, -0.2) is 40.4 Å². The van der Waals surface area contributed by atoms with Crippen molar-refractivity contribution in [1.82, 2.24) is 4.90 Å². The highest BCUT2D eigenvalue weighted by molar-refractivity contribution is 6.01. The number of carboxylic acids is 1. The minimum Gasteiger partial charge on any atom is -0.486 e. The predicted octanol–water partition coefficient (Wildman–Crippen LogP) is 4.17. The van der Waals surface area contributed by atoms with Crippen LogP contribution in [0.15, 0.2) is 54.6 Å². The summed E-state index contributed by atoms with van der Waals surface area (Å²) in [5.41, 5.74) is 2.10. The molecule has 0 saturated carbocycles. The standard InChI is InChI=1S/C24H25NO4/c26-21-16-24(29-22-9-7-18(15-20(21)22)8-10-23(27)28)11-4-13-25(14-12-24)17-19-5-2-1-3-6-19/h1-3,5-10,15H,4,11-14,16-17H2,(H,27,28)/b10-8+. The molecule has 1 N–H and O–H groups in total. The number of carboxylic acid groups (broad SMARTS) is 1. The van der Waals surface area contributed by atoms with Crippen molar-refractivity contribution in [3.63, 3.8) is 0 Å². The molecule has 0 aliphatic carbocycles. The minimum atomic E-state index is -1.01. The summed E-state index contributed by atoms with van der Waals surface area (Å²) >= 11 is 0. The first-order valence-electron chi connectivity index (χ1n) is 10.1. The predicted molar refractivity (Wildman–Crippen MR) is 111 cm³/mol. The molecule has 1 spiro atoms. The quantitative estimate of drug-likeness (QED) is 0.792. The first-order chi connectivity index (χ1) is 14.0. The van der Waals surface area contributed by atoms with E-state index in [0.717, 1.165) is 45.0 Å². The summed E-state index contributed by atoms with van der Waals surface area (Å²) in [7, 11) is 0. The fourth-order valence-corrected chi connectivity index (χ4v) is 4.28. The van der Waals surface area contributed by atoms with Gasteiger partial charge in [-0.1, -0.05) is 36.4 Å². The van der Waals surface area contributed by atoms with E-state index in [-0.39, 0.29) is 5.78 Å². The van der Waals surface area contributed by atoms with Gasteiger partial charge in [0.05, 0.1) is 12.0 Å². The van der Waals surface area contributed by atoms with E-state index in [1.807, 2.05) is 6.07 Å². The Morgan fingerprint density at radius 1 is 1.14 bits per heavy atom. The number of Topliss-reactive ketones (excluding diaryl/α,β-unsaturated/α-hetero) is 1. The molecule has 29 heavy (non-hydrogen) atoms. The Bertz CT molecular complexity index is 937. The molecule has 5 heteroatoms. The third-order valence-corrected chi connectivity index (χ3v) is 5.77. The van der Waals surface area contributed by atoms with E-state index >= 15 is 0 Å². The molecule has 0 radical (unpaired) electrons. The second-order valence-corrected chi connectivity index (χ2v) is 7.93. The fourth-order valence-electron chi connectivity index (χ4n) is 4.28. The summed E-state index contributed by atoms with van der Waals surface area (Å²) in [5.74, 6) is -0.318. The van der Waals surface area contributed by atoms with Gasteiger partial charge in [0.15, 0.2) is 5.78 Å². The second-order valence-electron chi connectivity index (χ2n) is 7.93. The van der Waals surface area contributed by atoms with Crippen LogP contribution in [0.1, 0.15) is 47.2 Å². The van der Waals surface area contributed by atoms with E-state index in [1.165, 1.54) is 11.6 Å². The van der Waals surface area contributed by atoms with Crippen LogP contribution in [0.3, 0.4) is 0 Å². The smallest absolute Gasteiger partial charge is 0.328 e. The Morgan fingerprint density at radius 3 is 2.76 bits per heavy atom. The summed E-state index contributed by atoms with van der Waals surface area (Å²) in [4.78, 5) is 26.1. The molecule has 4 rings (SSSR count). The summed E-state index contributed by atoms with van der Waals surface area (Å²) < 4.78 is 6.40. The zero-order valence-electron chi connectivity index (χ0n) is 16.3. The molecule has 0 aromatic heterocycles. The lowest BCUT2D eigenvalue weighted by Crippen LogP contribution is -2.42. The van der Waals surface area contributed by atoms with Crippen LogP contribution < -0.4 is 4.74 Å². The Balaban J connectivity index is 1.47. The number of nitrogens with zero attached hydrogens (tertiary/aromatic N) is 1. The first-order valence-corrected chi connectivity index (χ1v) is 10.1. The Hall–Kier alpha value is -2.92. The van der Waals surface area contributed by atoms with Crippen LogP contribution in [0.4, 0.5) is 0 Å². The van der Waals surface area contributed by atoms with Gasteiger partial charge in [0.2, 0.25) is 0 Å². The number of benzene rings is 2. The maximum absolute atomic E-state index is 12.9. The van der Waals surface area contributed by atoms with Gasteiger partial charge >= 0.3 is 5.97 Å². The third-order valence-electron chi connectivity index (χ3n) is 5.77. The number of aliphatic carboxylic acids is 1. The molecule has 2 aliphatic rings. The molecular weight excluding hydrogens is 366 g/mol. The van der Waals surface area contributed by atoms with Crippen molar-refractivity contribution in [2.24, 2.45) is 0 Å². The van der Waals surface area contributed by atoms with Gasteiger partial charge in [-0.3, -0.25) is 9.69 Å². The van der Waals surface area contributed by atoms with Gasteiger partial charge in [0.25, 0.3) is 0 Å². The third kappa shape index (κ3) is 4.57. The first kappa shape index (κ1) is 19.4. The molecule has 1 saturated heterocycles. The largest absolute Gasteiger partial charge is 0.486 e. The van der Waals surface area contributed by atoms with Crippen LogP contribution in [0, 0.1) is 0 Å². The van der Waals surface area contributed by atoms with Crippen molar-refractivity contribution in [1.29, 1.82) is 0 Å². The van der Waals surface area contributed by atoms with Crippen LogP contribution >= 0.6 is 0 Å². The number of rotatable bonds is 4. The lowest BCUT2D eigenvalue weighted by molar-refractivity contribution is -0.131. The zero-order valence-corrected chi connectivity index (χ0v) is 16.3. The molecule has 2 heterocycles. The molecular formula is C24H25NO4. The monoisotopic (exact) mass is 391 g/mol. The van der Waals surface area contributed by atoms with Crippen LogP contribution in [-0.2, 0) is 11.3 Å². The number of carbonyl (C=O) groups is 2. The molecule has 2 aliphatic heterocycles. The molecule has 1 atom stereocenters. The van der Waals surface area contributed by atoms with Gasteiger partial charge in [0.1, 0.15) is 11.4 Å². The number of ketones is 1. The van der Waals surface area contributed by atoms with Crippen molar-refractivity contribution >= 4 is 17.8 Å². The van der Waals surface area contributed by atoms with Gasteiger partial charge < -0.3 is 9.84 Å². The molecule has 0 amide bonds. The number of fused-ring (bicyclic) bond motifs is 1. The lowest BCUT2D eigenvalue weighted by Gasteiger charge is -2.37. The molecule has 1 unspecified atom stereocenters. The number of ether oxygens (including phenoxy) is 1. The number of likely N-dealkylation sites (tertiary alicyclic amines) is 1. The Kier molecular flexibility index (Phi) is 5.49. The highest BCUT2D eigenvalue weighted by Crippen LogP contribution is 2.40. The number of hydrogen-bond donors (Lipinski definition) is 1.